The van der Waals surface area contributed by atoms with E-state index in [0.717, 1.165) is 35.7 Å². The van der Waals surface area contributed by atoms with Crippen LogP contribution in [0.15, 0.2) is 16.6 Å². The molecule has 0 aliphatic carbocycles. The minimum Gasteiger partial charge on any atom is -0.493 e. The summed E-state index contributed by atoms with van der Waals surface area (Å²) in [4.78, 5) is 0. The van der Waals surface area contributed by atoms with Crippen molar-refractivity contribution in [1.82, 2.24) is 0 Å². The molecule has 1 aromatic rings. The second-order valence-electron chi connectivity index (χ2n) is 4.95. The van der Waals surface area contributed by atoms with Crippen molar-refractivity contribution < 1.29 is 9.47 Å². The summed E-state index contributed by atoms with van der Waals surface area (Å²) in [5, 5.41) is 8.50. The minimum atomic E-state index is 0.152. The van der Waals surface area contributed by atoms with E-state index in [2.05, 4.69) is 28.9 Å². The van der Waals surface area contributed by atoms with Crippen LogP contribution in [0.5, 0.6) is 11.5 Å². The lowest BCUT2D eigenvalue weighted by Crippen LogP contribution is -2.21. The Balaban J connectivity index is 2.73. The molecular weight excluding hydrogens is 332 g/mol. The molecule has 1 aromatic carbocycles. The van der Waals surface area contributed by atoms with Crippen LogP contribution in [0.4, 0.5) is 0 Å². The van der Waals surface area contributed by atoms with Crippen LogP contribution in [-0.2, 0) is 6.42 Å². The Morgan fingerprint density at radius 1 is 1.38 bits per heavy atom. The van der Waals surface area contributed by atoms with Crippen LogP contribution in [0.3, 0.4) is 0 Å². The lowest BCUT2D eigenvalue weighted by Gasteiger charge is -2.15. The number of methoxy groups -OCH3 is 1. The molecule has 5 heteroatoms. The van der Waals surface area contributed by atoms with Gasteiger partial charge >= 0.3 is 0 Å². The number of rotatable bonds is 9. The van der Waals surface area contributed by atoms with Gasteiger partial charge in [0.25, 0.3) is 0 Å². The summed E-state index contributed by atoms with van der Waals surface area (Å²) in [6.45, 7) is 2.65. The van der Waals surface area contributed by atoms with Crippen LogP contribution in [0.2, 0.25) is 0 Å². The average Bonchev–Trinajstić information content (AvgIpc) is 2.48. The number of unbranched alkanes of at least 4 members (excludes halogenated alkanes) is 2. The molecule has 0 heterocycles. The molecule has 1 rings (SSSR count). The van der Waals surface area contributed by atoms with Gasteiger partial charge in [-0.2, -0.15) is 5.26 Å². The van der Waals surface area contributed by atoms with E-state index in [4.69, 9.17) is 20.5 Å². The second kappa shape index (κ2) is 9.64. The van der Waals surface area contributed by atoms with Gasteiger partial charge in [-0.25, -0.2) is 0 Å². The molecular formula is C16H23BrN2O2. The molecule has 21 heavy (non-hydrogen) atoms. The van der Waals surface area contributed by atoms with Crippen molar-refractivity contribution in [2.75, 3.05) is 13.7 Å². The minimum absolute atomic E-state index is 0.152. The standard InChI is InChI=1S/C16H23BrN2O2/c1-3-13(19)9-12-10-14(17)16(15(11-12)20-2)21-8-6-4-5-7-18/h10-11,13H,3-6,8-9,19H2,1-2H3. The number of benzene rings is 1. The highest BCUT2D eigenvalue weighted by molar-refractivity contribution is 9.10. The molecule has 116 valence electrons. The highest BCUT2D eigenvalue weighted by Gasteiger charge is 2.13. The molecule has 1 atom stereocenters. The summed E-state index contributed by atoms with van der Waals surface area (Å²) < 4.78 is 12.1. The Hall–Kier alpha value is -1.25. The van der Waals surface area contributed by atoms with E-state index in [9.17, 15) is 0 Å². The molecule has 0 saturated carbocycles. The number of ether oxygens (including phenoxy) is 2. The van der Waals surface area contributed by atoms with Crippen molar-refractivity contribution in [2.24, 2.45) is 5.73 Å². The van der Waals surface area contributed by atoms with Gasteiger partial charge in [-0.1, -0.05) is 6.92 Å². The van der Waals surface area contributed by atoms with Crippen molar-refractivity contribution in [3.63, 3.8) is 0 Å². The molecule has 0 bridgehead atoms. The van der Waals surface area contributed by atoms with Gasteiger partial charge < -0.3 is 15.2 Å². The first kappa shape index (κ1) is 17.8. The third-order valence-electron chi connectivity index (χ3n) is 3.24. The first-order valence-corrected chi connectivity index (χ1v) is 8.03. The topological polar surface area (TPSA) is 68.3 Å². The lowest BCUT2D eigenvalue weighted by molar-refractivity contribution is 0.285. The maximum Gasteiger partial charge on any atom is 0.175 e. The van der Waals surface area contributed by atoms with E-state index >= 15 is 0 Å². The normalized spacial score (nSPS) is 11.8. The summed E-state index contributed by atoms with van der Waals surface area (Å²) in [5.74, 6) is 1.42. The Morgan fingerprint density at radius 3 is 2.76 bits per heavy atom. The van der Waals surface area contributed by atoms with E-state index in [1.54, 1.807) is 7.11 Å². The molecule has 1 unspecified atom stereocenters. The number of hydrogen-bond donors (Lipinski definition) is 1. The molecule has 0 saturated heterocycles. The number of nitrogens with zero attached hydrogens (tertiary/aromatic N) is 1. The smallest absolute Gasteiger partial charge is 0.175 e. The zero-order chi connectivity index (χ0) is 15.7. The van der Waals surface area contributed by atoms with Gasteiger partial charge in [0.05, 0.1) is 24.3 Å². The monoisotopic (exact) mass is 354 g/mol. The van der Waals surface area contributed by atoms with Crippen LogP contribution >= 0.6 is 15.9 Å². The molecule has 0 radical (unpaired) electrons. The summed E-state index contributed by atoms with van der Waals surface area (Å²) >= 11 is 3.54. The van der Waals surface area contributed by atoms with E-state index < -0.39 is 0 Å². The first-order chi connectivity index (χ1) is 10.1. The van der Waals surface area contributed by atoms with Gasteiger partial charge in [0.15, 0.2) is 11.5 Å². The maximum atomic E-state index is 8.50. The molecule has 0 aromatic heterocycles. The molecule has 0 aliphatic rings. The zero-order valence-corrected chi connectivity index (χ0v) is 14.3. The predicted molar refractivity (Wildman–Crippen MR) is 87.6 cm³/mol. The molecule has 0 amide bonds. The molecule has 0 fully saturated rings. The van der Waals surface area contributed by atoms with E-state index in [0.29, 0.717) is 24.5 Å². The fourth-order valence-electron chi connectivity index (χ4n) is 1.96. The Kier molecular flexibility index (Phi) is 8.17. The van der Waals surface area contributed by atoms with Crippen molar-refractivity contribution in [1.29, 1.82) is 5.26 Å². The fourth-order valence-corrected chi connectivity index (χ4v) is 2.56. The summed E-state index contributed by atoms with van der Waals surface area (Å²) in [6, 6.07) is 6.29. The average molecular weight is 355 g/mol. The van der Waals surface area contributed by atoms with E-state index in [-0.39, 0.29) is 6.04 Å². The van der Waals surface area contributed by atoms with Gasteiger partial charge in [-0.3, -0.25) is 0 Å². The maximum absolute atomic E-state index is 8.50. The Morgan fingerprint density at radius 2 is 2.14 bits per heavy atom. The third kappa shape index (κ3) is 5.94. The van der Waals surface area contributed by atoms with Crippen LogP contribution in [0.25, 0.3) is 0 Å². The highest BCUT2D eigenvalue weighted by Crippen LogP contribution is 2.37. The Labute approximate surface area is 135 Å². The van der Waals surface area contributed by atoms with E-state index in [1.807, 2.05) is 12.1 Å². The second-order valence-corrected chi connectivity index (χ2v) is 5.80. The molecule has 0 spiro atoms. The molecule has 2 N–H and O–H groups in total. The predicted octanol–water partition coefficient (Wildman–Crippen LogP) is 3.81. The van der Waals surface area contributed by atoms with Gasteiger partial charge in [0, 0.05) is 12.5 Å². The lowest BCUT2D eigenvalue weighted by atomic mass is 10.0. The number of nitrogens with two attached hydrogens (primary N) is 1. The number of nitriles is 1. The van der Waals surface area contributed by atoms with Crippen LogP contribution in [0, 0.1) is 11.3 Å². The van der Waals surface area contributed by atoms with Crippen molar-refractivity contribution in [3.8, 4) is 17.6 Å². The van der Waals surface area contributed by atoms with Gasteiger partial charge in [-0.15, -0.1) is 0 Å². The van der Waals surface area contributed by atoms with Gasteiger partial charge in [0.2, 0.25) is 0 Å². The summed E-state index contributed by atoms with van der Waals surface area (Å²) in [6.07, 6.45) is 4.02. The largest absolute Gasteiger partial charge is 0.493 e. The van der Waals surface area contributed by atoms with Crippen LogP contribution in [0.1, 0.15) is 38.2 Å². The van der Waals surface area contributed by atoms with Crippen LogP contribution < -0.4 is 15.2 Å². The zero-order valence-electron chi connectivity index (χ0n) is 12.7. The molecule has 0 aliphatic heterocycles. The number of hydrogen-bond acceptors (Lipinski definition) is 4. The quantitative estimate of drug-likeness (QED) is 0.684. The van der Waals surface area contributed by atoms with E-state index in [1.165, 1.54) is 0 Å². The van der Waals surface area contributed by atoms with Gasteiger partial charge in [0.1, 0.15) is 0 Å². The van der Waals surface area contributed by atoms with Crippen molar-refractivity contribution in [3.05, 3.63) is 22.2 Å². The van der Waals surface area contributed by atoms with Crippen LogP contribution in [-0.4, -0.2) is 19.8 Å². The molecule has 4 nitrogen and oxygen atoms in total. The van der Waals surface area contributed by atoms with Gasteiger partial charge in [-0.05, 0) is 59.3 Å². The number of halogens is 1. The fraction of sp³-hybridized carbons (Fsp3) is 0.562. The summed E-state index contributed by atoms with van der Waals surface area (Å²) in [7, 11) is 1.63. The highest BCUT2D eigenvalue weighted by atomic mass is 79.9. The SMILES string of the molecule is CCC(N)Cc1cc(Br)c(OCCCCC#N)c(OC)c1. The van der Waals surface area contributed by atoms with Crippen molar-refractivity contribution in [2.45, 2.75) is 45.1 Å². The third-order valence-corrected chi connectivity index (χ3v) is 3.83. The first-order valence-electron chi connectivity index (χ1n) is 7.24. The Bertz CT molecular complexity index is 486. The van der Waals surface area contributed by atoms with Crippen molar-refractivity contribution >= 4 is 15.9 Å². The summed E-state index contributed by atoms with van der Waals surface area (Å²) in [5.41, 5.74) is 7.13.